The van der Waals surface area contributed by atoms with Crippen LogP contribution in [0.3, 0.4) is 0 Å². The molecule has 2 heterocycles. The first-order valence-electron chi connectivity index (χ1n) is 7.13. The van der Waals surface area contributed by atoms with Gasteiger partial charge < -0.3 is 15.5 Å². The summed E-state index contributed by atoms with van der Waals surface area (Å²) in [5, 5.41) is 4.27. The molecule has 1 aromatic rings. The maximum atomic E-state index is 12.5. The second-order valence-corrected chi connectivity index (χ2v) is 5.72. The van der Waals surface area contributed by atoms with Crippen molar-refractivity contribution in [3.05, 3.63) is 11.4 Å². The van der Waals surface area contributed by atoms with E-state index in [0.717, 1.165) is 24.2 Å². The SMILES string of the molecule is Cc1nn(CC(=O)N2CCCC2C(=O)N(C)C)c(C)c1N. The highest BCUT2D eigenvalue weighted by Crippen LogP contribution is 2.20. The summed E-state index contributed by atoms with van der Waals surface area (Å²) in [6.07, 6.45) is 1.58. The van der Waals surface area contributed by atoms with E-state index in [1.807, 2.05) is 13.8 Å². The van der Waals surface area contributed by atoms with Gasteiger partial charge in [-0.1, -0.05) is 0 Å². The minimum atomic E-state index is -0.346. The lowest BCUT2D eigenvalue weighted by Crippen LogP contribution is -2.46. The van der Waals surface area contributed by atoms with E-state index in [0.29, 0.717) is 12.2 Å². The van der Waals surface area contributed by atoms with Crippen LogP contribution in [0.4, 0.5) is 5.69 Å². The summed E-state index contributed by atoms with van der Waals surface area (Å²) in [5.74, 6) is -0.105. The molecule has 0 spiro atoms. The molecule has 1 aliphatic heterocycles. The number of carbonyl (C=O) groups excluding carboxylic acids is 2. The van der Waals surface area contributed by atoms with E-state index >= 15 is 0 Å². The zero-order chi connectivity index (χ0) is 15.7. The van der Waals surface area contributed by atoms with Crippen molar-refractivity contribution in [1.82, 2.24) is 19.6 Å². The van der Waals surface area contributed by atoms with Gasteiger partial charge in [-0.25, -0.2) is 0 Å². The Morgan fingerprint density at radius 3 is 2.57 bits per heavy atom. The molecule has 1 aromatic heterocycles. The second kappa shape index (κ2) is 5.75. The standard InChI is InChI=1S/C14H23N5O2/c1-9-13(15)10(2)19(16-9)8-12(20)18-7-5-6-11(18)14(21)17(3)4/h11H,5-8,15H2,1-4H3. The number of hydrogen-bond donors (Lipinski definition) is 1. The molecule has 0 bridgehead atoms. The molecule has 1 fully saturated rings. The van der Waals surface area contributed by atoms with E-state index in [-0.39, 0.29) is 24.4 Å². The number of nitrogens with zero attached hydrogens (tertiary/aromatic N) is 4. The van der Waals surface area contributed by atoms with Crippen LogP contribution in [0, 0.1) is 13.8 Å². The number of aromatic nitrogens is 2. The average molecular weight is 293 g/mol. The zero-order valence-corrected chi connectivity index (χ0v) is 13.1. The third-order valence-electron chi connectivity index (χ3n) is 4.02. The first-order valence-corrected chi connectivity index (χ1v) is 7.13. The minimum absolute atomic E-state index is 0.0197. The fourth-order valence-corrected chi connectivity index (χ4v) is 2.70. The van der Waals surface area contributed by atoms with Gasteiger partial charge in [0.2, 0.25) is 11.8 Å². The smallest absolute Gasteiger partial charge is 0.244 e. The lowest BCUT2D eigenvalue weighted by atomic mass is 10.2. The zero-order valence-electron chi connectivity index (χ0n) is 13.1. The molecule has 7 heteroatoms. The topological polar surface area (TPSA) is 84.5 Å². The summed E-state index contributed by atoms with van der Waals surface area (Å²) in [4.78, 5) is 27.8. The maximum Gasteiger partial charge on any atom is 0.244 e. The van der Waals surface area contributed by atoms with Gasteiger partial charge in [0.1, 0.15) is 12.6 Å². The minimum Gasteiger partial charge on any atom is -0.396 e. The van der Waals surface area contributed by atoms with Crippen LogP contribution in [0.5, 0.6) is 0 Å². The molecular weight excluding hydrogens is 270 g/mol. The molecule has 2 N–H and O–H groups in total. The predicted octanol–water partition coefficient (Wildman–Crippen LogP) is 0.161. The Morgan fingerprint density at radius 1 is 1.38 bits per heavy atom. The lowest BCUT2D eigenvalue weighted by Gasteiger charge is -2.26. The van der Waals surface area contributed by atoms with Gasteiger partial charge >= 0.3 is 0 Å². The van der Waals surface area contributed by atoms with Crippen LogP contribution in [-0.4, -0.2) is 58.1 Å². The van der Waals surface area contributed by atoms with Gasteiger partial charge in [0.25, 0.3) is 0 Å². The van der Waals surface area contributed by atoms with Gasteiger partial charge in [-0.3, -0.25) is 14.3 Å². The Labute approximate surface area is 124 Å². The maximum absolute atomic E-state index is 12.5. The van der Waals surface area contributed by atoms with Crippen molar-refractivity contribution in [2.45, 2.75) is 39.3 Å². The largest absolute Gasteiger partial charge is 0.396 e. The monoisotopic (exact) mass is 293 g/mol. The Balaban J connectivity index is 2.12. The number of likely N-dealkylation sites (N-methyl/N-ethyl adjacent to an activating group) is 1. The van der Waals surface area contributed by atoms with Gasteiger partial charge in [-0.15, -0.1) is 0 Å². The van der Waals surface area contributed by atoms with Crippen molar-refractivity contribution in [3.8, 4) is 0 Å². The molecule has 1 saturated heterocycles. The highest BCUT2D eigenvalue weighted by molar-refractivity contribution is 5.88. The predicted molar refractivity (Wildman–Crippen MR) is 79.5 cm³/mol. The van der Waals surface area contributed by atoms with Crippen LogP contribution >= 0.6 is 0 Å². The van der Waals surface area contributed by atoms with Gasteiger partial charge in [0.05, 0.1) is 17.1 Å². The summed E-state index contributed by atoms with van der Waals surface area (Å²) >= 11 is 0. The number of amides is 2. The molecule has 1 aliphatic rings. The van der Waals surface area contributed by atoms with Crippen LogP contribution in [0.25, 0.3) is 0 Å². The number of hydrogen-bond acceptors (Lipinski definition) is 4. The average Bonchev–Trinajstić information content (AvgIpc) is 3.00. The van der Waals surface area contributed by atoms with Crippen LogP contribution in [0.2, 0.25) is 0 Å². The van der Waals surface area contributed by atoms with Gasteiger partial charge in [0.15, 0.2) is 0 Å². The van der Waals surface area contributed by atoms with E-state index in [1.165, 1.54) is 4.90 Å². The summed E-state index contributed by atoms with van der Waals surface area (Å²) < 4.78 is 1.61. The quantitative estimate of drug-likeness (QED) is 0.860. The van der Waals surface area contributed by atoms with E-state index in [9.17, 15) is 9.59 Å². The van der Waals surface area contributed by atoms with Crippen LogP contribution < -0.4 is 5.73 Å². The molecule has 0 saturated carbocycles. The summed E-state index contributed by atoms with van der Waals surface area (Å²) in [6.45, 7) is 4.41. The lowest BCUT2D eigenvalue weighted by molar-refractivity contribution is -0.142. The summed E-state index contributed by atoms with van der Waals surface area (Å²) in [7, 11) is 3.43. The molecule has 1 unspecified atom stereocenters. The third kappa shape index (κ3) is 2.86. The molecular formula is C14H23N5O2. The first-order chi connectivity index (χ1) is 9.82. The Morgan fingerprint density at radius 2 is 2.05 bits per heavy atom. The molecule has 2 amide bonds. The molecule has 0 aromatic carbocycles. The number of nitrogens with two attached hydrogens (primary N) is 1. The van der Waals surface area contributed by atoms with Crippen molar-refractivity contribution < 1.29 is 9.59 Å². The van der Waals surface area contributed by atoms with Gasteiger partial charge in [-0.2, -0.15) is 5.10 Å². The Bertz CT molecular complexity index is 564. The number of likely N-dealkylation sites (tertiary alicyclic amines) is 1. The molecule has 116 valence electrons. The molecule has 1 atom stereocenters. The number of nitrogen functional groups attached to an aromatic ring is 1. The van der Waals surface area contributed by atoms with Crippen molar-refractivity contribution in [2.24, 2.45) is 0 Å². The Kier molecular flexibility index (Phi) is 4.20. The van der Waals surface area contributed by atoms with E-state index in [1.54, 1.807) is 23.7 Å². The van der Waals surface area contributed by atoms with E-state index < -0.39 is 0 Å². The van der Waals surface area contributed by atoms with Crippen molar-refractivity contribution in [3.63, 3.8) is 0 Å². The van der Waals surface area contributed by atoms with Crippen molar-refractivity contribution in [2.75, 3.05) is 26.4 Å². The number of aryl methyl sites for hydroxylation is 1. The van der Waals surface area contributed by atoms with Crippen LogP contribution in [0.1, 0.15) is 24.2 Å². The third-order valence-corrected chi connectivity index (χ3v) is 4.02. The second-order valence-electron chi connectivity index (χ2n) is 5.72. The van der Waals surface area contributed by atoms with Crippen LogP contribution in [-0.2, 0) is 16.1 Å². The molecule has 7 nitrogen and oxygen atoms in total. The highest BCUT2D eigenvalue weighted by Gasteiger charge is 2.35. The fraction of sp³-hybridized carbons (Fsp3) is 0.643. The summed E-state index contributed by atoms with van der Waals surface area (Å²) in [5.41, 5.74) is 8.01. The van der Waals surface area contributed by atoms with Crippen molar-refractivity contribution >= 4 is 17.5 Å². The number of anilines is 1. The molecule has 2 rings (SSSR count). The van der Waals surface area contributed by atoms with E-state index in [4.69, 9.17) is 5.73 Å². The molecule has 21 heavy (non-hydrogen) atoms. The fourth-order valence-electron chi connectivity index (χ4n) is 2.70. The number of carbonyl (C=O) groups is 2. The first kappa shape index (κ1) is 15.3. The normalized spacial score (nSPS) is 18.1. The summed E-state index contributed by atoms with van der Waals surface area (Å²) in [6, 6.07) is -0.346. The van der Waals surface area contributed by atoms with Gasteiger partial charge in [-0.05, 0) is 26.7 Å². The van der Waals surface area contributed by atoms with Crippen LogP contribution in [0.15, 0.2) is 0 Å². The highest BCUT2D eigenvalue weighted by atomic mass is 16.2. The van der Waals surface area contributed by atoms with E-state index in [2.05, 4.69) is 5.10 Å². The van der Waals surface area contributed by atoms with Crippen molar-refractivity contribution in [1.29, 1.82) is 0 Å². The van der Waals surface area contributed by atoms with Gasteiger partial charge in [0, 0.05) is 20.6 Å². The molecule has 0 radical (unpaired) electrons. The Hall–Kier alpha value is -2.05. The number of rotatable bonds is 3. The molecule has 0 aliphatic carbocycles.